The minimum Gasteiger partial charge on any atom is -0.296 e. The van der Waals surface area contributed by atoms with E-state index in [9.17, 15) is 25.4 Å². The van der Waals surface area contributed by atoms with Gasteiger partial charge in [-0.15, -0.1) is 23.2 Å². The van der Waals surface area contributed by atoms with Gasteiger partial charge in [0.1, 0.15) is 10.8 Å². The van der Waals surface area contributed by atoms with Crippen molar-refractivity contribution in [2.24, 2.45) is 16.7 Å². The molecule has 1 fully saturated rings. The summed E-state index contributed by atoms with van der Waals surface area (Å²) in [7, 11) is 0. The monoisotopic (exact) mass is 343 g/mol. The lowest BCUT2D eigenvalue weighted by atomic mass is 9.40. The number of halogens is 2. The van der Waals surface area contributed by atoms with Crippen LogP contribution in [0.25, 0.3) is 0 Å². The summed E-state index contributed by atoms with van der Waals surface area (Å²) in [5.74, 6) is -2.17. The molecule has 0 heterocycles. The number of allylic oxidation sites excluding steroid dienone is 6. The van der Waals surface area contributed by atoms with Crippen LogP contribution >= 0.6 is 23.2 Å². The summed E-state index contributed by atoms with van der Waals surface area (Å²) in [6, 6.07) is 5.38. The lowest BCUT2D eigenvalue weighted by molar-refractivity contribution is -0.144. The summed E-state index contributed by atoms with van der Waals surface area (Å²) in [6.45, 7) is 0. The Kier molecular flexibility index (Phi) is 3.24. The van der Waals surface area contributed by atoms with Crippen LogP contribution in [0, 0.1) is 50.7 Å². The Morgan fingerprint density at radius 3 is 1.83 bits per heavy atom. The largest absolute Gasteiger partial charge is 0.296 e. The summed E-state index contributed by atoms with van der Waals surface area (Å²) in [5, 5.41) is 25.9. The SMILES string of the molecule is N#CC1=C(C2C=CC=C2)[C@@]2(C#N)C(=O)C(Cl)C(Cl)C(=O)[C@@]12C#N. The molecule has 0 spiro atoms. The van der Waals surface area contributed by atoms with Gasteiger partial charge in [-0.25, -0.2) is 0 Å². The van der Waals surface area contributed by atoms with Crippen molar-refractivity contribution in [2.75, 3.05) is 0 Å². The predicted octanol–water partition coefficient (Wildman–Crippen LogP) is 1.95. The maximum absolute atomic E-state index is 12.8. The normalized spacial score (nSPS) is 38.6. The van der Waals surface area contributed by atoms with E-state index in [1.807, 2.05) is 12.1 Å². The Morgan fingerprint density at radius 2 is 1.39 bits per heavy atom. The van der Waals surface area contributed by atoms with Gasteiger partial charge < -0.3 is 0 Å². The fourth-order valence-electron chi connectivity index (χ4n) is 3.60. The minimum absolute atomic E-state index is 0.154. The predicted molar refractivity (Wildman–Crippen MR) is 79.8 cm³/mol. The molecule has 5 nitrogen and oxygen atoms in total. The van der Waals surface area contributed by atoms with Crippen LogP contribution in [0.1, 0.15) is 0 Å². The highest BCUT2D eigenvalue weighted by molar-refractivity contribution is 6.47. The Hall–Kier alpha value is -2.39. The van der Waals surface area contributed by atoms with Crippen molar-refractivity contribution < 1.29 is 9.59 Å². The number of hydrogen-bond donors (Lipinski definition) is 0. The summed E-state index contributed by atoms with van der Waals surface area (Å²) >= 11 is 11.9. The second kappa shape index (κ2) is 4.80. The number of carbonyl (C=O) groups is 2. The van der Waals surface area contributed by atoms with E-state index in [1.54, 1.807) is 30.4 Å². The van der Waals surface area contributed by atoms with Crippen molar-refractivity contribution in [3.63, 3.8) is 0 Å². The van der Waals surface area contributed by atoms with E-state index in [1.165, 1.54) is 0 Å². The molecule has 0 radical (unpaired) electrons. The molecule has 0 amide bonds. The summed E-state index contributed by atoms with van der Waals surface area (Å²) in [6.07, 6.45) is 6.76. The first-order chi connectivity index (χ1) is 10.9. The van der Waals surface area contributed by atoms with Gasteiger partial charge in [-0.3, -0.25) is 9.59 Å². The van der Waals surface area contributed by atoms with Gasteiger partial charge >= 0.3 is 0 Å². The van der Waals surface area contributed by atoms with Gasteiger partial charge in [0.25, 0.3) is 0 Å². The number of ketones is 2. The van der Waals surface area contributed by atoms with Gasteiger partial charge in [0, 0.05) is 5.92 Å². The van der Waals surface area contributed by atoms with Crippen molar-refractivity contribution in [1.29, 1.82) is 15.8 Å². The molecule has 3 aliphatic carbocycles. The van der Waals surface area contributed by atoms with Crippen molar-refractivity contribution in [1.82, 2.24) is 0 Å². The smallest absolute Gasteiger partial charge is 0.181 e. The third-order valence-electron chi connectivity index (χ3n) is 4.64. The molecule has 0 aromatic rings. The number of rotatable bonds is 1. The molecule has 0 bridgehead atoms. The highest BCUT2D eigenvalue weighted by Crippen LogP contribution is 2.67. The van der Waals surface area contributed by atoms with E-state index >= 15 is 0 Å². The Balaban J connectivity index is 2.40. The van der Waals surface area contributed by atoms with E-state index in [0.717, 1.165) is 0 Å². The van der Waals surface area contributed by atoms with E-state index < -0.39 is 39.1 Å². The Bertz CT molecular complexity index is 855. The molecular weight excluding hydrogens is 337 g/mol. The van der Waals surface area contributed by atoms with Crippen LogP contribution in [0.2, 0.25) is 0 Å². The first-order valence-electron chi connectivity index (χ1n) is 6.63. The molecule has 0 aliphatic heterocycles. The number of alkyl halides is 2. The quantitative estimate of drug-likeness (QED) is 0.676. The van der Waals surface area contributed by atoms with E-state index in [2.05, 4.69) is 0 Å². The van der Waals surface area contributed by atoms with Crippen LogP contribution in [0.4, 0.5) is 0 Å². The Morgan fingerprint density at radius 1 is 0.913 bits per heavy atom. The second-order valence-corrected chi connectivity index (χ2v) is 6.39. The number of carbonyl (C=O) groups excluding carboxylic acids is 2. The first-order valence-corrected chi connectivity index (χ1v) is 7.50. The topological polar surface area (TPSA) is 106 Å². The summed E-state index contributed by atoms with van der Waals surface area (Å²) in [4.78, 5) is 25.4. The van der Waals surface area contributed by atoms with Gasteiger partial charge in [-0.05, 0) is 5.57 Å². The lowest BCUT2D eigenvalue weighted by Crippen LogP contribution is -2.70. The summed E-state index contributed by atoms with van der Waals surface area (Å²) < 4.78 is 0. The molecule has 2 unspecified atom stereocenters. The van der Waals surface area contributed by atoms with Crippen LogP contribution in [0.3, 0.4) is 0 Å². The van der Waals surface area contributed by atoms with Gasteiger partial charge in [-0.1, -0.05) is 24.3 Å². The molecule has 0 N–H and O–H groups in total. The molecule has 1 saturated carbocycles. The number of fused-ring (bicyclic) bond motifs is 1. The zero-order chi connectivity index (χ0) is 17.0. The maximum Gasteiger partial charge on any atom is 0.181 e. The van der Waals surface area contributed by atoms with Gasteiger partial charge in [-0.2, -0.15) is 15.8 Å². The molecule has 7 heteroatoms. The third-order valence-corrected chi connectivity index (χ3v) is 5.67. The van der Waals surface area contributed by atoms with Crippen LogP contribution in [-0.2, 0) is 9.59 Å². The number of nitrogens with zero attached hydrogens (tertiary/aromatic N) is 3. The van der Waals surface area contributed by atoms with E-state index in [-0.39, 0.29) is 11.1 Å². The first kappa shape index (κ1) is 15.5. The van der Waals surface area contributed by atoms with Crippen molar-refractivity contribution in [3.05, 3.63) is 35.5 Å². The molecule has 0 aromatic heterocycles. The second-order valence-electron chi connectivity index (χ2n) is 5.45. The molecule has 4 atom stereocenters. The van der Waals surface area contributed by atoms with Crippen LogP contribution in [-0.4, -0.2) is 22.3 Å². The molecule has 0 aromatic carbocycles. The number of hydrogen-bond acceptors (Lipinski definition) is 5. The zero-order valence-electron chi connectivity index (χ0n) is 11.5. The highest BCUT2D eigenvalue weighted by Gasteiger charge is 2.79. The molecule has 3 aliphatic rings. The van der Waals surface area contributed by atoms with Crippen LogP contribution < -0.4 is 0 Å². The highest BCUT2D eigenvalue weighted by atomic mass is 35.5. The van der Waals surface area contributed by atoms with Gasteiger partial charge in [0.15, 0.2) is 22.4 Å². The van der Waals surface area contributed by atoms with Crippen LogP contribution in [0.5, 0.6) is 0 Å². The van der Waals surface area contributed by atoms with Gasteiger partial charge in [0.2, 0.25) is 0 Å². The summed E-state index contributed by atoms with van der Waals surface area (Å²) in [5.41, 5.74) is -4.26. The van der Waals surface area contributed by atoms with Gasteiger partial charge in [0.05, 0.1) is 23.8 Å². The van der Waals surface area contributed by atoms with Crippen LogP contribution in [0.15, 0.2) is 35.5 Å². The van der Waals surface area contributed by atoms with Crippen molar-refractivity contribution in [2.45, 2.75) is 10.8 Å². The van der Waals surface area contributed by atoms with E-state index in [0.29, 0.717) is 0 Å². The lowest BCUT2D eigenvalue weighted by Gasteiger charge is -2.54. The third kappa shape index (κ3) is 1.41. The van der Waals surface area contributed by atoms with Crippen molar-refractivity contribution >= 4 is 34.8 Å². The zero-order valence-corrected chi connectivity index (χ0v) is 13.0. The molecule has 0 saturated heterocycles. The minimum atomic E-state index is -2.18. The number of Topliss-reactive ketones (excluding diaryl/α,β-unsaturated/α-hetero) is 2. The van der Waals surface area contributed by atoms with Crippen molar-refractivity contribution in [3.8, 4) is 18.2 Å². The average Bonchev–Trinajstić information content (AvgIpc) is 3.06. The molecular formula is C16H7Cl2N3O2. The molecule has 3 rings (SSSR count). The molecule has 23 heavy (non-hydrogen) atoms. The fourth-order valence-corrected chi connectivity index (χ4v) is 4.16. The standard InChI is InChI=1S/C16H7Cl2N3O2/c17-11-12(18)14(23)16(7-21)10(8-3-1-2-4-8)9(5-19)15(16,6-20)13(11)22/h1-4,8,11-12H/t11?,12?,15-,16+/m1/s1. The fraction of sp³-hybridized carbons (Fsp3) is 0.312. The number of nitriles is 3. The van der Waals surface area contributed by atoms with E-state index in [4.69, 9.17) is 23.2 Å². The average molecular weight is 344 g/mol. The Labute approximate surface area is 141 Å². The maximum atomic E-state index is 12.8. The molecule has 112 valence electrons.